The fourth-order valence-electron chi connectivity index (χ4n) is 3.15. The number of halogens is 4. The lowest BCUT2D eigenvalue weighted by Crippen LogP contribution is -2.32. The molecule has 2 rings (SSSR count). The van der Waals surface area contributed by atoms with E-state index >= 15 is 0 Å². The molecule has 136 valence electrons. The summed E-state index contributed by atoms with van der Waals surface area (Å²) in [6.07, 6.45) is -2.00. The van der Waals surface area contributed by atoms with Gasteiger partial charge in [-0.3, -0.25) is 4.79 Å². The minimum atomic E-state index is -4.41. The van der Waals surface area contributed by atoms with Crippen molar-refractivity contribution in [1.82, 2.24) is 5.32 Å². The quantitative estimate of drug-likeness (QED) is 0.831. The molecule has 1 heterocycles. The van der Waals surface area contributed by atoms with Crippen LogP contribution in [0.3, 0.4) is 0 Å². The van der Waals surface area contributed by atoms with Gasteiger partial charge in [0, 0.05) is 12.1 Å². The zero-order chi connectivity index (χ0) is 17.0. The van der Waals surface area contributed by atoms with E-state index in [4.69, 9.17) is 0 Å². The molecule has 1 atom stereocenters. The lowest BCUT2D eigenvalue weighted by Gasteiger charge is -2.28. The summed E-state index contributed by atoms with van der Waals surface area (Å²) in [6, 6.07) is 3.86. The van der Waals surface area contributed by atoms with E-state index in [2.05, 4.69) is 10.6 Å². The van der Waals surface area contributed by atoms with Gasteiger partial charge < -0.3 is 10.6 Å². The van der Waals surface area contributed by atoms with Gasteiger partial charge in [0.2, 0.25) is 5.91 Å². The van der Waals surface area contributed by atoms with Crippen LogP contribution in [0.4, 0.5) is 18.9 Å². The number of amides is 1. The number of rotatable bonds is 4. The van der Waals surface area contributed by atoms with Gasteiger partial charge in [0.25, 0.3) is 0 Å². The van der Waals surface area contributed by atoms with Crippen LogP contribution in [0.25, 0.3) is 0 Å². The van der Waals surface area contributed by atoms with Gasteiger partial charge in [0.05, 0.1) is 5.56 Å². The lowest BCUT2D eigenvalue weighted by atomic mass is 9.84. The predicted octanol–water partition coefficient (Wildman–Crippen LogP) is 4.40. The second-order valence-electron chi connectivity index (χ2n) is 6.29. The summed E-state index contributed by atoms with van der Waals surface area (Å²) in [5.74, 6) is 0.492. The van der Waals surface area contributed by atoms with Gasteiger partial charge in [0.15, 0.2) is 0 Å². The second-order valence-corrected chi connectivity index (χ2v) is 6.29. The Hall–Kier alpha value is -1.27. The maximum Gasteiger partial charge on any atom is 0.416 e. The number of hydrogen-bond acceptors (Lipinski definition) is 2. The van der Waals surface area contributed by atoms with Gasteiger partial charge in [-0.05, 0) is 62.4 Å². The predicted molar refractivity (Wildman–Crippen MR) is 91.4 cm³/mol. The van der Waals surface area contributed by atoms with Crippen molar-refractivity contribution in [1.29, 1.82) is 0 Å². The molecule has 24 heavy (non-hydrogen) atoms. The minimum absolute atomic E-state index is 0. The van der Waals surface area contributed by atoms with E-state index < -0.39 is 11.7 Å². The molecule has 0 aromatic heterocycles. The molecule has 1 aromatic carbocycles. The van der Waals surface area contributed by atoms with Crippen molar-refractivity contribution in [3.05, 3.63) is 29.3 Å². The maximum absolute atomic E-state index is 12.9. The third kappa shape index (κ3) is 5.38. The Morgan fingerprint density at radius 2 is 1.96 bits per heavy atom. The Morgan fingerprint density at radius 1 is 1.33 bits per heavy atom. The number of piperidine rings is 1. The Kier molecular flexibility index (Phi) is 7.55. The third-order valence-corrected chi connectivity index (χ3v) is 4.61. The summed E-state index contributed by atoms with van der Waals surface area (Å²) in [5.41, 5.74) is -0.410. The molecule has 1 aliphatic heterocycles. The summed E-state index contributed by atoms with van der Waals surface area (Å²) >= 11 is 0. The molecule has 0 saturated carbocycles. The molecule has 1 amide bonds. The first kappa shape index (κ1) is 20.8. The van der Waals surface area contributed by atoms with Gasteiger partial charge in [-0.15, -0.1) is 12.4 Å². The van der Waals surface area contributed by atoms with Crippen LogP contribution in [0.5, 0.6) is 0 Å². The second kappa shape index (κ2) is 8.72. The molecule has 1 unspecified atom stereocenters. The molecule has 3 nitrogen and oxygen atoms in total. The highest BCUT2D eigenvalue weighted by Crippen LogP contribution is 2.34. The van der Waals surface area contributed by atoms with Crippen molar-refractivity contribution in [3.8, 4) is 0 Å². The zero-order valence-electron chi connectivity index (χ0n) is 13.9. The molecule has 1 aromatic rings. The highest BCUT2D eigenvalue weighted by Gasteiger charge is 2.33. The van der Waals surface area contributed by atoms with Crippen LogP contribution < -0.4 is 10.6 Å². The largest absolute Gasteiger partial charge is 0.416 e. The maximum atomic E-state index is 12.9. The van der Waals surface area contributed by atoms with E-state index in [1.807, 2.05) is 6.92 Å². The number of carbonyl (C=O) groups excluding carboxylic acids is 1. The summed E-state index contributed by atoms with van der Waals surface area (Å²) in [4.78, 5) is 12.2. The number of benzene rings is 1. The lowest BCUT2D eigenvalue weighted by molar-refractivity contribution is -0.138. The van der Waals surface area contributed by atoms with E-state index in [0.717, 1.165) is 32.0 Å². The molecule has 0 radical (unpaired) electrons. The third-order valence-electron chi connectivity index (χ3n) is 4.61. The molecule has 2 N–H and O–H groups in total. The summed E-state index contributed by atoms with van der Waals surface area (Å²) in [7, 11) is 0. The van der Waals surface area contributed by atoms with E-state index in [1.54, 1.807) is 0 Å². The zero-order valence-corrected chi connectivity index (χ0v) is 14.7. The van der Waals surface area contributed by atoms with Gasteiger partial charge in [-0.1, -0.05) is 13.0 Å². The van der Waals surface area contributed by atoms with Crippen LogP contribution in [-0.4, -0.2) is 19.0 Å². The topological polar surface area (TPSA) is 41.1 Å². The summed E-state index contributed by atoms with van der Waals surface area (Å²) in [6.45, 7) is 5.34. The number of hydrogen-bond donors (Lipinski definition) is 2. The van der Waals surface area contributed by atoms with Crippen LogP contribution in [0, 0.1) is 18.8 Å². The van der Waals surface area contributed by atoms with Crippen LogP contribution in [0.1, 0.15) is 37.3 Å². The highest BCUT2D eigenvalue weighted by atomic mass is 35.5. The van der Waals surface area contributed by atoms with Crippen molar-refractivity contribution in [2.75, 3.05) is 18.4 Å². The average molecular weight is 365 g/mol. The van der Waals surface area contributed by atoms with Crippen molar-refractivity contribution in [3.63, 3.8) is 0 Å². The fraction of sp³-hybridized carbons (Fsp3) is 0.588. The SMILES string of the molecule is Cc1c(NC(=O)CC(C)C2CCNCC2)cccc1C(F)(F)F.Cl. The number of alkyl halides is 3. The molecular weight excluding hydrogens is 341 g/mol. The Labute approximate surface area is 146 Å². The van der Waals surface area contributed by atoms with Crippen LogP contribution in [0.15, 0.2) is 18.2 Å². The molecular formula is C17H24ClF3N2O. The number of nitrogens with one attached hydrogen (secondary N) is 2. The van der Waals surface area contributed by atoms with E-state index in [1.165, 1.54) is 19.1 Å². The number of anilines is 1. The van der Waals surface area contributed by atoms with Gasteiger partial charge in [-0.25, -0.2) is 0 Å². The molecule has 0 aliphatic carbocycles. The smallest absolute Gasteiger partial charge is 0.326 e. The number of carbonyl (C=O) groups is 1. The first-order valence-corrected chi connectivity index (χ1v) is 7.96. The van der Waals surface area contributed by atoms with Crippen LogP contribution in [0.2, 0.25) is 0 Å². The Balaban J connectivity index is 0.00000288. The molecule has 1 aliphatic rings. The normalized spacial score (nSPS) is 17.0. The van der Waals surface area contributed by atoms with Crippen molar-refractivity contribution in [2.45, 2.75) is 39.3 Å². The highest BCUT2D eigenvalue weighted by molar-refractivity contribution is 5.91. The fourth-order valence-corrected chi connectivity index (χ4v) is 3.15. The molecule has 0 bridgehead atoms. The average Bonchev–Trinajstić information content (AvgIpc) is 2.49. The first-order valence-electron chi connectivity index (χ1n) is 7.96. The standard InChI is InChI=1S/C17H23F3N2O.ClH/c1-11(13-6-8-21-9-7-13)10-16(23)22-15-5-3-4-14(12(15)2)17(18,19)20;/h3-5,11,13,21H,6-10H2,1-2H3,(H,22,23);1H. The van der Waals surface area contributed by atoms with Gasteiger partial charge in [0.1, 0.15) is 0 Å². The Bertz CT molecular complexity index is 557. The van der Waals surface area contributed by atoms with Crippen LogP contribution in [-0.2, 0) is 11.0 Å². The summed E-state index contributed by atoms with van der Waals surface area (Å²) < 4.78 is 38.7. The monoisotopic (exact) mass is 364 g/mol. The van der Waals surface area contributed by atoms with E-state index in [-0.39, 0.29) is 35.5 Å². The molecule has 7 heteroatoms. The minimum Gasteiger partial charge on any atom is -0.326 e. The summed E-state index contributed by atoms with van der Waals surface area (Å²) in [5, 5.41) is 5.92. The van der Waals surface area contributed by atoms with Crippen molar-refractivity contribution >= 4 is 24.0 Å². The van der Waals surface area contributed by atoms with Crippen molar-refractivity contribution < 1.29 is 18.0 Å². The van der Waals surface area contributed by atoms with E-state index in [9.17, 15) is 18.0 Å². The van der Waals surface area contributed by atoms with Gasteiger partial charge >= 0.3 is 6.18 Å². The van der Waals surface area contributed by atoms with E-state index in [0.29, 0.717) is 12.3 Å². The first-order chi connectivity index (χ1) is 10.8. The molecule has 0 spiro atoms. The molecule has 1 saturated heterocycles. The van der Waals surface area contributed by atoms with Gasteiger partial charge in [-0.2, -0.15) is 13.2 Å². The van der Waals surface area contributed by atoms with Crippen LogP contribution >= 0.6 is 12.4 Å². The molecule has 1 fully saturated rings. The van der Waals surface area contributed by atoms with Crippen molar-refractivity contribution in [2.24, 2.45) is 11.8 Å². The Morgan fingerprint density at radius 3 is 2.54 bits per heavy atom.